The highest BCUT2D eigenvalue weighted by Crippen LogP contribution is 2.07. The fourth-order valence-corrected chi connectivity index (χ4v) is 2.12. The van der Waals surface area contributed by atoms with E-state index >= 15 is 0 Å². The molecule has 0 aliphatic rings. The molecule has 1 unspecified atom stereocenters. The molecule has 1 atom stereocenters. The zero-order chi connectivity index (χ0) is 16.7. The SMILES string of the molecule is Cc1ccccc1C(=O)NCC(C)COC(=O)c1ccccc1. The Morgan fingerprint density at radius 1 is 1.04 bits per heavy atom. The van der Waals surface area contributed by atoms with Crippen LogP contribution < -0.4 is 5.32 Å². The van der Waals surface area contributed by atoms with E-state index < -0.39 is 0 Å². The van der Waals surface area contributed by atoms with Crippen molar-refractivity contribution in [2.45, 2.75) is 13.8 Å². The van der Waals surface area contributed by atoms with Gasteiger partial charge in [0.15, 0.2) is 0 Å². The lowest BCUT2D eigenvalue weighted by Gasteiger charge is -2.14. The largest absolute Gasteiger partial charge is 0.462 e. The second kappa shape index (κ2) is 8.13. The van der Waals surface area contributed by atoms with Gasteiger partial charge in [0.2, 0.25) is 0 Å². The molecular weight excluding hydrogens is 290 g/mol. The lowest BCUT2D eigenvalue weighted by atomic mass is 10.1. The third-order valence-electron chi connectivity index (χ3n) is 3.51. The number of carbonyl (C=O) groups is 2. The third-order valence-corrected chi connectivity index (χ3v) is 3.51. The van der Waals surface area contributed by atoms with E-state index in [9.17, 15) is 9.59 Å². The van der Waals surface area contributed by atoms with Crippen molar-refractivity contribution in [2.24, 2.45) is 5.92 Å². The highest BCUT2D eigenvalue weighted by molar-refractivity contribution is 5.95. The summed E-state index contributed by atoms with van der Waals surface area (Å²) >= 11 is 0. The molecular formula is C19H21NO3. The first kappa shape index (κ1) is 16.7. The summed E-state index contributed by atoms with van der Waals surface area (Å²) in [4.78, 5) is 24.0. The highest BCUT2D eigenvalue weighted by Gasteiger charge is 2.12. The lowest BCUT2D eigenvalue weighted by Crippen LogP contribution is -2.31. The number of ether oxygens (including phenoxy) is 1. The molecule has 0 bridgehead atoms. The van der Waals surface area contributed by atoms with Gasteiger partial charge in [-0.1, -0.05) is 43.3 Å². The molecule has 0 aliphatic heterocycles. The van der Waals surface area contributed by atoms with Crippen LogP contribution in [0.4, 0.5) is 0 Å². The van der Waals surface area contributed by atoms with Crippen LogP contribution in [0.1, 0.15) is 33.2 Å². The maximum atomic E-state index is 12.1. The summed E-state index contributed by atoms with van der Waals surface area (Å²) in [6, 6.07) is 16.3. The van der Waals surface area contributed by atoms with Crippen LogP contribution in [-0.4, -0.2) is 25.0 Å². The Bertz CT molecular complexity index is 667. The van der Waals surface area contributed by atoms with Crippen molar-refractivity contribution in [1.29, 1.82) is 0 Å². The molecule has 2 aromatic carbocycles. The number of carbonyl (C=O) groups excluding carboxylic acids is 2. The second-order valence-electron chi connectivity index (χ2n) is 5.59. The average Bonchev–Trinajstić information content (AvgIpc) is 2.58. The number of hydrogen-bond acceptors (Lipinski definition) is 3. The van der Waals surface area contributed by atoms with Crippen LogP contribution in [0.3, 0.4) is 0 Å². The van der Waals surface area contributed by atoms with Gasteiger partial charge in [-0.05, 0) is 30.7 Å². The van der Waals surface area contributed by atoms with Crippen molar-refractivity contribution in [3.05, 3.63) is 71.3 Å². The standard InChI is InChI=1S/C19H21NO3/c1-14(13-23-19(22)16-9-4-3-5-10-16)12-20-18(21)17-11-7-6-8-15(17)2/h3-11,14H,12-13H2,1-2H3,(H,20,21). The van der Waals surface area contributed by atoms with Crippen LogP contribution in [0.5, 0.6) is 0 Å². The number of rotatable bonds is 6. The van der Waals surface area contributed by atoms with E-state index in [0.717, 1.165) is 5.56 Å². The smallest absolute Gasteiger partial charge is 0.338 e. The Hall–Kier alpha value is -2.62. The van der Waals surface area contributed by atoms with Crippen molar-refractivity contribution >= 4 is 11.9 Å². The average molecular weight is 311 g/mol. The number of aryl methyl sites for hydroxylation is 1. The number of amides is 1. The van der Waals surface area contributed by atoms with Crippen LogP contribution >= 0.6 is 0 Å². The van der Waals surface area contributed by atoms with Gasteiger partial charge in [0.1, 0.15) is 0 Å². The minimum Gasteiger partial charge on any atom is -0.462 e. The van der Waals surface area contributed by atoms with Crippen molar-refractivity contribution in [3.8, 4) is 0 Å². The fourth-order valence-electron chi connectivity index (χ4n) is 2.12. The zero-order valence-electron chi connectivity index (χ0n) is 13.4. The van der Waals surface area contributed by atoms with Crippen molar-refractivity contribution in [3.63, 3.8) is 0 Å². The maximum absolute atomic E-state index is 12.1. The van der Waals surface area contributed by atoms with E-state index in [-0.39, 0.29) is 24.4 Å². The number of nitrogens with one attached hydrogen (secondary N) is 1. The highest BCUT2D eigenvalue weighted by atomic mass is 16.5. The lowest BCUT2D eigenvalue weighted by molar-refractivity contribution is 0.0449. The Morgan fingerprint density at radius 2 is 1.70 bits per heavy atom. The molecule has 4 nitrogen and oxygen atoms in total. The molecule has 23 heavy (non-hydrogen) atoms. The van der Waals surface area contributed by atoms with Crippen LogP contribution in [-0.2, 0) is 4.74 Å². The van der Waals surface area contributed by atoms with E-state index in [1.807, 2.05) is 38.1 Å². The molecule has 0 saturated carbocycles. The summed E-state index contributed by atoms with van der Waals surface area (Å²) in [6.07, 6.45) is 0. The van der Waals surface area contributed by atoms with Gasteiger partial charge < -0.3 is 10.1 Å². The minimum absolute atomic E-state index is 0.0376. The molecule has 2 aromatic rings. The summed E-state index contributed by atoms with van der Waals surface area (Å²) in [7, 11) is 0. The molecule has 0 heterocycles. The van der Waals surface area contributed by atoms with Gasteiger partial charge in [-0.15, -0.1) is 0 Å². The first-order chi connectivity index (χ1) is 11.1. The Balaban J connectivity index is 1.77. The van der Waals surface area contributed by atoms with Crippen LogP contribution in [0.25, 0.3) is 0 Å². The third kappa shape index (κ3) is 4.95. The van der Waals surface area contributed by atoms with E-state index in [0.29, 0.717) is 17.7 Å². The predicted octanol–water partition coefficient (Wildman–Crippen LogP) is 3.22. The van der Waals surface area contributed by atoms with Crippen molar-refractivity contribution in [2.75, 3.05) is 13.2 Å². The normalized spacial score (nSPS) is 11.6. The molecule has 0 spiro atoms. The van der Waals surface area contributed by atoms with Crippen LogP contribution in [0.2, 0.25) is 0 Å². The van der Waals surface area contributed by atoms with Gasteiger partial charge in [0.25, 0.3) is 5.91 Å². The second-order valence-corrected chi connectivity index (χ2v) is 5.59. The van der Waals surface area contributed by atoms with Gasteiger partial charge >= 0.3 is 5.97 Å². The molecule has 4 heteroatoms. The molecule has 0 fully saturated rings. The molecule has 0 aliphatic carbocycles. The topological polar surface area (TPSA) is 55.4 Å². The summed E-state index contributed by atoms with van der Waals surface area (Å²) < 4.78 is 5.26. The first-order valence-corrected chi connectivity index (χ1v) is 7.64. The molecule has 1 amide bonds. The van der Waals surface area contributed by atoms with Gasteiger partial charge in [-0.25, -0.2) is 4.79 Å². The van der Waals surface area contributed by atoms with Crippen molar-refractivity contribution < 1.29 is 14.3 Å². The van der Waals surface area contributed by atoms with Crippen molar-refractivity contribution in [1.82, 2.24) is 5.32 Å². The number of hydrogen-bond donors (Lipinski definition) is 1. The summed E-state index contributed by atoms with van der Waals surface area (Å²) in [6.45, 7) is 4.55. The summed E-state index contributed by atoms with van der Waals surface area (Å²) in [5.74, 6) is -0.414. The van der Waals surface area contributed by atoms with E-state index in [2.05, 4.69) is 5.32 Å². The number of benzene rings is 2. The number of esters is 1. The summed E-state index contributed by atoms with van der Waals surface area (Å²) in [5.41, 5.74) is 2.14. The monoisotopic (exact) mass is 311 g/mol. The maximum Gasteiger partial charge on any atom is 0.338 e. The van der Waals surface area contributed by atoms with Gasteiger partial charge in [0, 0.05) is 18.0 Å². The van der Waals surface area contributed by atoms with E-state index in [1.54, 1.807) is 30.3 Å². The first-order valence-electron chi connectivity index (χ1n) is 7.64. The van der Waals surface area contributed by atoms with Crippen LogP contribution in [0, 0.1) is 12.8 Å². The van der Waals surface area contributed by atoms with Gasteiger partial charge in [-0.2, -0.15) is 0 Å². The fraction of sp³-hybridized carbons (Fsp3) is 0.263. The molecule has 1 N–H and O–H groups in total. The summed E-state index contributed by atoms with van der Waals surface area (Å²) in [5, 5.41) is 2.87. The van der Waals surface area contributed by atoms with E-state index in [1.165, 1.54) is 0 Å². The minimum atomic E-state index is -0.345. The molecule has 120 valence electrons. The molecule has 0 radical (unpaired) electrons. The Kier molecular flexibility index (Phi) is 5.92. The molecule has 0 aromatic heterocycles. The van der Waals surface area contributed by atoms with Gasteiger partial charge in [-0.3, -0.25) is 4.79 Å². The molecule has 2 rings (SSSR count). The quantitative estimate of drug-likeness (QED) is 0.833. The molecule has 0 saturated heterocycles. The van der Waals surface area contributed by atoms with Crippen LogP contribution in [0.15, 0.2) is 54.6 Å². The van der Waals surface area contributed by atoms with E-state index in [4.69, 9.17) is 4.74 Å². The Labute approximate surface area is 136 Å². The predicted molar refractivity (Wildman–Crippen MR) is 89.4 cm³/mol. The Morgan fingerprint density at radius 3 is 2.39 bits per heavy atom. The van der Waals surface area contributed by atoms with Gasteiger partial charge in [0.05, 0.1) is 12.2 Å². The zero-order valence-corrected chi connectivity index (χ0v) is 13.4.